The number of nitrogens with one attached hydrogen (secondary N) is 2. The Balaban J connectivity index is 1.28. The van der Waals surface area contributed by atoms with E-state index in [-0.39, 0.29) is 11.8 Å². The molecule has 0 unspecified atom stereocenters. The summed E-state index contributed by atoms with van der Waals surface area (Å²) in [6.45, 7) is 0.753. The Morgan fingerprint density at radius 2 is 1.77 bits per heavy atom. The Hall–Kier alpha value is -2.93. The summed E-state index contributed by atoms with van der Waals surface area (Å²) in [5, 5.41) is 0. The summed E-state index contributed by atoms with van der Waals surface area (Å²) in [6.07, 6.45) is 10.2. The van der Waals surface area contributed by atoms with Gasteiger partial charge in [0.25, 0.3) is 11.8 Å². The van der Waals surface area contributed by atoms with Gasteiger partial charge in [0.05, 0.1) is 4.88 Å². The van der Waals surface area contributed by atoms with Crippen molar-refractivity contribution in [2.75, 3.05) is 11.4 Å². The number of benzene rings is 1. The number of hydrogen-bond acceptors (Lipinski definition) is 4. The van der Waals surface area contributed by atoms with Crippen LogP contribution in [0, 0.1) is 0 Å². The van der Waals surface area contributed by atoms with Crippen LogP contribution >= 0.6 is 11.3 Å². The molecule has 0 bridgehead atoms. The van der Waals surface area contributed by atoms with Gasteiger partial charge in [-0.1, -0.05) is 18.6 Å². The van der Waals surface area contributed by atoms with E-state index in [9.17, 15) is 14.4 Å². The molecule has 7 heteroatoms. The van der Waals surface area contributed by atoms with Gasteiger partial charge in [0.15, 0.2) is 0 Å². The van der Waals surface area contributed by atoms with Crippen molar-refractivity contribution in [2.45, 2.75) is 44.9 Å². The van der Waals surface area contributed by atoms with E-state index in [1.807, 2.05) is 30.3 Å². The minimum absolute atomic E-state index is 0.149. The van der Waals surface area contributed by atoms with Crippen molar-refractivity contribution in [3.63, 3.8) is 0 Å². The molecule has 1 aromatic heterocycles. The van der Waals surface area contributed by atoms with Gasteiger partial charge < -0.3 is 4.90 Å². The van der Waals surface area contributed by atoms with Crippen LogP contribution in [0.25, 0.3) is 6.08 Å². The lowest BCUT2D eigenvalue weighted by molar-refractivity contribution is -0.117. The molecule has 30 heavy (non-hydrogen) atoms. The van der Waals surface area contributed by atoms with Gasteiger partial charge in [-0.05, 0) is 67.5 Å². The maximum Gasteiger partial charge on any atom is 0.279 e. The van der Waals surface area contributed by atoms with E-state index in [2.05, 4.69) is 10.9 Å². The van der Waals surface area contributed by atoms with Crippen LogP contribution in [0.3, 0.4) is 0 Å². The fourth-order valence-corrected chi connectivity index (χ4v) is 5.01. The monoisotopic (exact) mass is 423 g/mol. The number of hydrogen-bond donors (Lipinski definition) is 2. The van der Waals surface area contributed by atoms with Gasteiger partial charge in [-0.2, -0.15) is 0 Å². The Kier molecular flexibility index (Phi) is 6.28. The Morgan fingerprint density at radius 3 is 2.53 bits per heavy atom. The molecule has 2 aromatic rings. The number of rotatable bonds is 4. The zero-order valence-electron chi connectivity index (χ0n) is 16.8. The van der Waals surface area contributed by atoms with Crippen LogP contribution in [0.4, 0.5) is 5.69 Å². The van der Waals surface area contributed by atoms with E-state index in [1.165, 1.54) is 47.1 Å². The Morgan fingerprint density at radius 1 is 0.967 bits per heavy atom. The van der Waals surface area contributed by atoms with E-state index < -0.39 is 5.91 Å². The first kappa shape index (κ1) is 20.3. The number of fused-ring (bicyclic) bond motifs is 1. The second-order valence-corrected chi connectivity index (χ2v) is 8.77. The normalized spacial score (nSPS) is 16.4. The first-order valence-corrected chi connectivity index (χ1v) is 11.2. The molecule has 1 aliphatic heterocycles. The summed E-state index contributed by atoms with van der Waals surface area (Å²) in [6, 6.07) is 9.44. The molecule has 0 atom stereocenters. The highest BCUT2D eigenvalue weighted by Crippen LogP contribution is 2.28. The first-order chi connectivity index (χ1) is 14.6. The maximum atomic E-state index is 12.3. The summed E-state index contributed by atoms with van der Waals surface area (Å²) in [7, 11) is 0. The van der Waals surface area contributed by atoms with Crippen LogP contribution in [0.1, 0.15) is 57.8 Å². The summed E-state index contributed by atoms with van der Waals surface area (Å²) in [5.74, 6) is -0.537. The highest BCUT2D eigenvalue weighted by atomic mass is 32.1. The molecule has 156 valence electrons. The summed E-state index contributed by atoms with van der Waals surface area (Å²) in [4.78, 5) is 39.9. The van der Waals surface area contributed by atoms with Crippen LogP contribution in [-0.2, 0) is 22.4 Å². The summed E-state index contributed by atoms with van der Waals surface area (Å²) in [5.41, 5.74) is 7.91. The van der Waals surface area contributed by atoms with Crippen molar-refractivity contribution in [2.24, 2.45) is 0 Å². The quantitative estimate of drug-likeness (QED) is 0.448. The molecule has 1 aliphatic carbocycles. The van der Waals surface area contributed by atoms with E-state index in [4.69, 9.17) is 0 Å². The molecule has 2 aliphatic rings. The molecule has 1 fully saturated rings. The van der Waals surface area contributed by atoms with Gasteiger partial charge in [-0.3, -0.25) is 25.2 Å². The molecule has 2 heterocycles. The van der Waals surface area contributed by atoms with Gasteiger partial charge in [-0.25, -0.2) is 0 Å². The van der Waals surface area contributed by atoms with Crippen LogP contribution < -0.4 is 15.8 Å². The van der Waals surface area contributed by atoms with Crippen LogP contribution in [-0.4, -0.2) is 24.3 Å². The SMILES string of the molecule is O=C(C=Cc1ccc(N2CCCC2=O)cc1)NNC(=O)c1cc2c(s1)CCCCC2. The van der Waals surface area contributed by atoms with Crippen LogP contribution in [0.5, 0.6) is 0 Å². The van der Waals surface area contributed by atoms with Crippen molar-refractivity contribution >= 4 is 40.8 Å². The minimum atomic E-state index is -0.403. The third-order valence-electron chi connectivity index (χ3n) is 5.47. The predicted octanol–water partition coefficient (Wildman–Crippen LogP) is 3.62. The van der Waals surface area contributed by atoms with E-state index in [0.29, 0.717) is 11.3 Å². The number of carbonyl (C=O) groups excluding carboxylic acids is 3. The van der Waals surface area contributed by atoms with Crippen molar-refractivity contribution in [1.82, 2.24) is 10.9 Å². The van der Waals surface area contributed by atoms with Crippen molar-refractivity contribution in [1.29, 1.82) is 0 Å². The number of hydrazine groups is 1. The molecule has 4 rings (SSSR count). The average Bonchev–Trinajstić information content (AvgIpc) is 3.31. The number of anilines is 1. The molecule has 2 N–H and O–H groups in total. The largest absolute Gasteiger partial charge is 0.312 e. The molecule has 0 spiro atoms. The molecular weight excluding hydrogens is 398 g/mol. The zero-order valence-corrected chi connectivity index (χ0v) is 17.6. The standard InChI is InChI=1S/C23H25N3O3S/c27-21(13-10-16-8-11-18(12-9-16)26-14-4-7-22(26)28)24-25-23(29)20-15-17-5-2-1-3-6-19(17)30-20/h8-13,15H,1-7,14H2,(H,24,27)(H,25,29). The Labute approximate surface area is 179 Å². The smallest absolute Gasteiger partial charge is 0.279 e. The number of nitrogens with zero attached hydrogens (tertiary/aromatic N) is 1. The minimum Gasteiger partial charge on any atom is -0.312 e. The van der Waals surface area contributed by atoms with Crippen molar-refractivity contribution in [3.05, 3.63) is 57.3 Å². The summed E-state index contributed by atoms with van der Waals surface area (Å²) < 4.78 is 0. The van der Waals surface area contributed by atoms with Crippen LogP contribution in [0.15, 0.2) is 36.4 Å². The lowest BCUT2D eigenvalue weighted by atomic mass is 10.1. The molecule has 1 saturated heterocycles. The topological polar surface area (TPSA) is 78.5 Å². The first-order valence-electron chi connectivity index (χ1n) is 10.4. The predicted molar refractivity (Wildman–Crippen MR) is 118 cm³/mol. The molecule has 3 amide bonds. The lowest BCUT2D eigenvalue weighted by Gasteiger charge is -2.15. The number of amides is 3. The van der Waals surface area contributed by atoms with Crippen molar-refractivity contribution < 1.29 is 14.4 Å². The van der Waals surface area contributed by atoms with E-state index in [1.54, 1.807) is 11.0 Å². The number of carbonyl (C=O) groups is 3. The van der Waals surface area contributed by atoms with Gasteiger partial charge in [0, 0.05) is 29.6 Å². The zero-order chi connectivity index (χ0) is 20.9. The fraction of sp³-hybridized carbons (Fsp3) is 0.348. The van der Waals surface area contributed by atoms with Gasteiger partial charge in [-0.15, -0.1) is 11.3 Å². The molecule has 1 aromatic carbocycles. The second-order valence-electron chi connectivity index (χ2n) is 7.64. The third-order valence-corrected chi connectivity index (χ3v) is 6.71. The average molecular weight is 424 g/mol. The van der Waals surface area contributed by atoms with Gasteiger partial charge in [0.2, 0.25) is 5.91 Å². The highest BCUT2D eigenvalue weighted by molar-refractivity contribution is 7.14. The van der Waals surface area contributed by atoms with Gasteiger partial charge in [0.1, 0.15) is 0 Å². The third kappa shape index (κ3) is 4.79. The van der Waals surface area contributed by atoms with Gasteiger partial charge >= 0.3 is 0 Å². The Bertz CT molecular complexity index is 955. The lowest BCUT2D eigenvalue weighted by Crippen LogP contribution is -2.40. The summed E-state index contributed by atoms with van der Waals surface area (Å²) >= 11 is 1.52. The van der Waals surface area contributed by atoms with Crippen LogP contribution in [0.2, 0.25) is 0 Å². The molecular formula is C23H25N3O3S. The second kappa shape index (κ2) is 9.26. The maximum absolute atomic E-state index is 12.3. The van der Waals surface area contributed by atoms with Crippen molar-refractivity contribution in [3.8, 4) is 0 Å². The number of aryl methyl sites for hydroxylation is 2. The highest BCUT2D eigenvalue weighted by Gasteiger charge is 2.21. The molecule has 0 saturated carbocycles. The van der Waals surface area contributed by atoms with E-state index in [0.717, 1.165) is 37.1 Å². The molecule has 0 radical (unpaired) electrons. The fourth-order valence-electron chi connectivity index (χ4n) is 3.86. The number of thiophene rings is 1. The molecule has 6 nitrogen and oxygen atoms in total. The van der Waals surface area contributed by atoms with E-state index >= 15 is 0 Å².